The Morgan fingerprint density at radius 3 is 2.91 bits per heavy atom. The molecule has 0 fully saturated rings. The zero-order valence-electron chi connectivity index (χ0n) is 19.5. The van der Waals surface area contributed by atoms with Gasteiger partial charge in [0.05, 0.1) is 49.3 Å². The number of hydrogen-bond donors (Lipinski definition) is 2. The number of fused-ring (bicyclic) bond motifs is 2. The van der Waals surface area contributed by atoms with Gasteiger partial charge >= 0.3 is 5.97 Å². The van der Waals surface area contributed by atoms with Crippen molar-refractivity contribution in [3.05, 3.63) is 71.8 Å². The van der Waals surface area contributed by atoms with E-state index in [1.807, 2.05) is 30.3 Å². The van der Waals surface area contributed by atoms with Crippen molar-refractivity contribution in [2.45, 2.75) is 31.7 Å². The molecule has 35 heavy (non-hydrogen) atoms. The average Bonchev–Trinajstić information content (AvgIpc) is 3.30. The zero-order valence-corrected chi connectivity index (χ0v) is 19.5. The van der Waals surface area contributed by atoms with Crippen LogP contribution in [0.3, 0.4) is 0 Å². The molecule has 0 amide bonds. The largest absolute Gasteiger partial charge is 0.493 e. The Morgan fingerprint density at radius 1 is 1.20 bits per heavy atom. The Balaban J connectivity index is 1.30. The van der Waals surface area contributed by atoms with Crippen LogP contribution in [0.4, 0.5) is 5.69 Å². The van der Waals surface area contributed by atoms with Crippen LogP contribution in [0.15, 0.2) is 54.9 Å². The summed E-state index contributed by atoms with van der Waals surface area (Å²) in [7, 11) is 1.54. The molecule has 0 saturated carbocycles. The van der Waals surface area contributed by atoms with Crippen molar-refractivity contribution in [3.63, 3.8) is 0 Å². The molecule has 4 heterocycles. The van der Waals surface area contributed by atoms with Gasteiger partial charge in [-0.1, -0.05) is 0 Å². The average molecular weight is 474 g/mol. The predicted octanol–water partition coefficient (Wildman–Crippen LogP) is 3.88. The fourth-order valence-electron chi connectivity index (χ4n) is 4.38. The number of benzene rings is 1. The van der Waals surface area contributed by atoms with E-state index >= 15 is 0 Å². The molecule has 0 spiro atoms. The first-order chi connectivity index (χ1) is 17.1. The monoisotopic (exact) mass is 473 g/mol. The Bertz CT molecular complexity index is 1340. The molecular formula is C26H27N5O4. The second kappa shape index (κ2) is 10.0. The fourth-order valence-corrected chi connectivity index (χ4v) is 4.38. The summed E-state index contributed by atoms with van der Waals surface area (Å²) >= 11 is 0. The predicted molar refractivity (Wildman–Crippen MR) is 131 cm³/mol. The topological polar surface area (TPSA) is 111 Å². The summed E-state index contributed by atoms with van der Waals surface area (Å²) in [5, 5.41) is 18.3. The quantitative estimate of drug-likeness (QED) is 0.377. The lowest BCUT2D eigenvalue weighted by Crippen LogP contribution is -2.16. The summed E-state index contributed by atoms with van der Waals surface area (Å²) in [6, 6.07) is 12.9. The minimum atomic E-state index is -0.916. The van der Waals surface area contributed by atoms with Crippen LogP contribution >= 0.6 is 0 Å². The lowest BCUT2D eigenvalue weighted by molar-refractivity contribution is -0.137. The maximum absolute atomic E-state index is 11.6. The lowest BCUT2D eigenvalue weighted by atomic mass is 10.1. The summed E-state index contributed by atoms with van der Waals surface area (Å²) in [5.74, 6) is 0.288. The molecule has 2 N–H and O–H groups in total. The van der Waals surface area contributed by atoms with E-state index in [-0.39, 0.29) is 6.42 Å². The van der Waals surface area contributed by atoms with Crippen LogP contribution in [-0.4, -0.2) is 51.1 Å². The molecule has 0 unspecified atom stereocenters. The third kappa shape index (κ3) is 5.03. The number of aryl methyl sites for hydroxylation is 1. The molecule has 4 aromatic rings. The number of pyridine rings is 2. The normalized spacial score (nSPS) is 13.6. The molecular weight excluding hydrogens is 446 g/mol. The molecule has 9 heteroatoms. The van der Waals surface area contributed by atoms with Gasteiger partial charge in [0.15, 0.2) is 0 Å². The number of nitrogens with one attached hydrogen (secondary N) is 1. The van der Waals surface area contributed by atoms with Gasteiger partial charge in [-0.25, -0.2) is 4.98 Å². The van der Waals surface area contributed by atoms with E-state index in [2.05, 4.69) is 21.5 Å². The van der Waals surface area contributed by atoms with E-state index in [0.717, 1.165) is 65.1 Å². The van der Waals surface area contributed by atoms with Crippen molar-refractivity contribution in [1.29, 1.82) is 0 Å². The van der Waals surface area contributed by atoms with Gasteiger partial charge in [0.1, 0.15) is 5.75 Å². The van der Waals surface area contributed by atoms with Crippen molar-refractivity contribution in [2.75, 3.05) is 25.6 Å². The first-order valence-electron chi connectivity index (χ1n) is 11.6. The molecule has 0 bridgehead atoms. The lowest BCUT2D eigenvalue weighted by Gasteiger charge is -2.18. The number of carboxylic acids is 1. The number of anilines is 1. The van der Waals surface area contributed by atoms with Gasteiger partial charge in [0.25, 0.3) is 0 Å². The third-order valence-corrected chi connectivity index (χ3v) is 6.15. The maximum Gasteiger partial charge on any atom is 0.305 e. The van der Waals surface area contributed by atoms with Gasteiger partial charge in [0, 0.05) is 36.3 Å². The minimum Gasteiger partial charge on any atom is -0.493 e. The SMILES string of the molecule is COc1ccc([C@H](CC(=O)O)n2ncc3cc(OCCc4ccc5c(n4)CCCN5)ccc32)cn1. The Morgan fingerprint density at radius 2 is 2.11 bits per heavy atom. The van der Waals surface area contributed by atoms with Gasteiger partial charge in [-0.2, -0.15) is 5.10 Å². The van der Waals surface area contributed by atoms with E-state index in [9.17, 15) is 9.90 Å². The summed E-state index contributed by atoms with van der Waals surface area (Å²) in [6.45, 7) is 1.52. The van der Waals surface area contributed by atoms with Crippen molar-refractivity contribution in [1.82, 2.24) is 19.7 Å². The molecule has 1 atom stereocenters. The van der Waals surface area contributed by atoms with Gasteiger partial charge in [-0.05, 0) is 54.8 Å². The van der Waals surface area contributed by atoms with Crippen LogP contribution in [0, 0.1) is 0 Å². The second-order valence-corrected chi connectivity index (χ2v) is 8.48. The van der Waals surface area contributed by atoms with Crippen LogP contribution in [0.25, 0.3) is 10.9 Å². The van der Waals surface area contributed by atoms with E-state index in [1.165, 1.54) is 7.11 Å². The highest BCUT2D eigenvalue weighted by atomic mass is 16.5. The van der Waals surface area contributed by atoms with Crippen LogP contribution < -0.4 is 14.8 Å². The van der Waals surface area contributed by atoms with E-state index in [4.69, 9.17) is 14.5 Å². The molecule has 3 aromatic heterocycles. The van der Waals surface area contributed by atoms with Crippen molar-refractivity contribution < 1.29 is 19.4 Å². The number of nitrogens with zero attached hydrogens (tertiary/aromatic N) is 4. The molecule has 0 saturated heterocycles. The summed E-state index contributed by atoms with van der Waals surface area (Å²) in [4.78, 5) is 20.6. The summed E-state index contributed by atoms with van der Waals surface area (Å²) < 4.78 is 12.8. The third-order valence-electron chi connectivity index (χ3n) is 6.15. The van der Waals surface area contributed by atoms with Crippen molar-refractivity contribution in [3.8, 4) is 11.6 Å². The van der Waals surface area contributed by atoms with Crippen molar-refractivity contribution in [2.24, 2.45) is 0 Å². The van der Waals surface area contributed by atoms with Crippen molar-refractivity contribution >= 4 is 22.6 Å². The molecule has 0 aliphatic carbocycles. The highest BCUT2D eigenvalue weighted by molar-refractivity contribution is 5.81. The highest BCUT2D eigenvalue weighted by Crippen LogP contribution is 2.29. The number of carboxylic acid groups (broad SMARTS) is 1. The Labute approximate surface area is 202 Å². The molecule has 5 rings (SSSR count). The number of methoxy groups -OCH3 is 1. The van der Waals surface area contributed by atoms with E-state index in [1.54, 1.807) is 23.1 Å². The molecule has 1 aliphatic heterocycles. The number of ether oxygens (including phenoxy) is 2. The highest BCUT2D eigenvalue weighted by Gasteiger charge is 2.21. The van der Waals surface area contributed by atoms with Crippen LogP contribution in [0.2, 0.25) is 0 Å². The van der Waals surface area contributed by atoms with Gasteiger partial charge in [0.2, 0.25) is 5.88 Å². The Hall–Kier alpha value is -4.14. The maximum atomic E-state index is 11.6. The molecule has 180 valence electrons. The first-order valence-corrected chi connectivity index (χ1v) is 11.6. The van der Waals surface area contributed by atoms with E-state index < -0.39 is 12.0 Å². The fraction of sp³-hybridized carbons (Fsp3) is 0.308. The summed E-state index contributed by atoms with van der Waals surface area (Å²) in [5.41, 5.74) is 4.85. The van der Waals surface area contributed by atoms with Crippen LogP contribution in [0.1, 0.15) is 35.8 Å². The van der Waals surface area contributed by atoms with Gasteiger partial charge in [-0.15, -0.1) is 0 Å². The number of aromatic nitrogens is 4. The molecule has 9 nitrogen and oxygen atoms in total. The van der Waals surface area contributed by atoms with E-state index in [0.29, 0.717) is 12.5 Å². The zero-order chi connectivity index (χ0) is 24.2. The number of rotatable bonds is 9. The standard InChI is InChI=1S/C26H27N5O4/c1-34-25-9-4-17(15-28-25)24(14-26(32)33)31-23-8-6-20(13-18(23)16-29-31)35-12-10-19-5-7-21-22(30-19)3-2-11-27-21/h4-9,13,15-16,24,27H,2-3,10-12,14H2,1H3,(H,32,33)/t24-/m0/s1. The number of aliphatic carboxylic acids is 1. The molecule has 1 aliphatic rings. The van der Waals surface area contributed by atoms with Crippen LogP contribution in [0.5, 0.6) is 11.6 Å². The molecule has 0 radical (unpaired) electrons. The molecule has 1 aromatic carbocycles. The van der Waals surface area contributed by atoms with Gasteiger partial charge in [-0.3, -0.25) is 14.5 Å². The van der Waals surface area contributed by atoms with Crippen LogP contribution in [-0.2, 0) is 17.6 Å². The number of carbonyl (C=O) groups is 1. The first kappa shape index (κ1) is 22.6. The minimum absolute atomic E-state index is 0.119. The number of hydrogen-bond acceptors (Lipinski definition) is 7. The van der Waals surface area contributed by atoms with Gasteiger partial charge < -0.3 is 19.9 Å². The second-order valence-electron chi connectivity index (χ2n) is 8.48. The smallest absolute Gasteiger partial charge is 0.305 e. The summed E-state index contributed by atoms with van der Waals surface area (Å²) in [6.07, 6.45) is 6.07. The Kier molecular flexibility index (Phi) is 6.47.